The number of hydrogen-bond donors (Lipinski definition) is 4. The Labute approximate surface area is 172 Å². The number of aliphatic hydroxyl groups is 1. The summed E-state index contributed by atoms with van der Waals surface area (Å²) < 4.78 is 6.08. The molecule has 6 nitrogen and oxygen atoms in total. The van der Waals surface area contributed by atoms with E-state index in [1.807, 2.05) is 6.92 Å². The van der Waals surface area contributed by atoms with Crippen molar-refractivity contribution in [2.45, 2.75) is 25.3 Å². The van der Waals surface area contributed by atoms with Gasteiger partial charge in [0, 0.05) is 41.8 Å². The number of phenols is 2. The zero-order chi connectivity index (χ0) is 20.7. The fourth-order valence-corrected chi connectivity index (χ4v) is 4.47. The largest absolute Gasteiger partial charge is 0.507 e. The van der Waals surface area contributed by atoms with Crippen LogP contribution in [0.15, 0.2) is 45.6 Å². The van der Waals surface area contributed by atoms with Crippen molar-refractivity contribution in [3.05, 3.63) is 57.2 Å². The molecule has 1 aliphatic heterocycles. The highest BCUT2D eigenvalue weighted by Crippen LogP contribution is 2.44. The molecule has 7 heteroatoms. The van der Waals surface area contributed by atoms with E-state index in [9.17, 15) is 20.1 Å². The Morgan fingerprint density at radius 3 is 2.72 bits per heavy atom. The van der Waals surface area contributed by atoms with Crippen molar-refractivity contribution < 1.29 is 19.7 Å². The summed E-state index contributed by atoms with van der Waals surface area (Å²) in [5.41, 5.74) is 0.734. The Morgan fingerprint density at radius 2 is 2.00 bits per heavy atom. The smallest absolute Gasteiger partial charge is 0.197 e. The normalized spacial score (nSPS) is 20.2. The first-order valence-electron chi connectivity index (χ1n) is 9.54. The minimum atomic E-state index is -0.419. The molecule has 4 rings (SSSR count). The van der Waals surface area contributed by atoms with Crippen LogP contribution in [-0.4, -0.2) is 34.5 Å². The van der Waals surface area contributed by atoms with Gasteiger partial charge in [0.15, 0.2) is 5.43 Å². The van der Waals surface area contributed by atoms with Crippen molar-refractivity contribution in [2.75, 3.05) is 13.2 Å². The van der Waals surface area contributed by atoms with E-state index in [1.54, 1.807) is 24.3 Å². The summed E-state index contributed by atoms with van der Waals surface area (Å²) in [6.07, 6.45) is 0.697. The minimum Gasteiger partial charge on any atom is -0.507 e. The highest BCUT2D eigenvalue weighted by molar-refractivity contribution is 6.33. The molecular formula is C22H22ClNO5. The van der Waals surface area contributed by atoms with E-state index in [0.29, 0.717) is 29.1 Å². The fourth-order valence-electron chi connectivity index (χ4n) is 4.24. The van der Waals surface area contributed by atoms with E-state index in [0.717, 1.165) is 0 Å². The van der Waals surface area contributed by atoms with E-state index in [1.165, 1.54) is 12.1 Å². The quantitative estimate of drug-likeness (QED) is 0.519. The average Bonchev–Trinajstić information content (AvgIpc) is 3.16. The maximum Gasteiger partial charge on any atom is 0.197 e. The van der Waals surface area contributed by atoms with Gasteiger partial charge >= 0.3 is 0 Å². The molecule has 1 saturated heterocycles. The molecular weight excluding hydrogens is 394 g/mol. The van der Waals surface area contributed by atoms with Gasteiger partial charge in [0.2, 0.25) is 0 Å². The number of benzene rings is 2. The van der Waals surface area contributed by atoms with Gasteiger partial charge in [-0.05, 0) is 31.0 Å². The molecule has 0 aliphatic carbocycles. The van der Waals surface area contributed by atoms with Gasteiger partial charge in [-0.15, -0.1) is 0 Å². The lowest BCUT2D eigenvalue weighted by Crippen LogP contribution is -2.34. The molecule has 152 valence electrons. The monoisotopic (exact) mass is 415 g/mol. The van der Waals surface area contributed by atoms with Crippen LogP contribution in [-0.2, 0) is 0 Å². The van der Waals surface area contributed by atoms with E-state index < -0.39 is 5.43 Å². The molecule has 0 amide bonds. The van der Waals surface area contributed by atoms with Crippen LogP contribution >= 0.6 is 11.6 Å². The van der Waals surface area contributed by atoms with Gasteiger partial charge in [-0.1, -0.05) is 30.7 Å². The van der Waals surface area contributed by atoms with Crippen LogP contribution in [0, 0.1) is 5.92 Å². The summed E-state index contributed by atoms with van der Waals surface area (Å²) in [4.78, 5) is 12.9. The van der Waals surface area contributed by atoms with E-state index >= 15 is 0 Å². The molecule has 2 heterocycles. The number of halogens is 1. The Bertz CT molecular complexity index is 1130. The van der Waals surface area contributed by atoms with Crippen LogP contribution in [0.1, 0.15) is 24.8 Å². The first-order chi connectivity index (χ1) is 13.9. The van der Waals surface area contributed by atoms with Crippen molar-refractivity contribution in [3.63, 3.8) is 0 Å². The van der Waals surface area contributed by atoms with Crippen molar-refractivity contribution in [1.82, 2.24) is 5.32 Å². The summed E-state index contributed by atoms with van der Waals surface area (Å²) in [6, 6.07) is 9.37. The zero-order valence-corrected chi connectivity index (χ0v) is 16.6. The van der Waals surface area contributed by atoms with Gasteiger partial charge in [0.1, 0.15) is 28.2 Å². The van der Waals surface area contributed by atoms with Crippen LogP contribution in [0.25, 0.3) is 22.3 Å². The highest BCUT2D eigenvalue weighted by atomic mass is 35.5. The minimum absolute atomic E-state index is 0.0141. The first kappa shape index (κ1) is 19.8. The average molecular weight is 416 g/mol. The van der Waals surface area contributed by atoms with Crippen LogP contribution in [0.4, 0.5) is 0 Å². The van der Waals surface area contributed by atoms with Gasteiger partial charge in [-0.2, -0.15) is 0 Å². The number of phenolic OH excluding ortho intramolecular Hbond substituents is 2. The third-order valence-corrected chi connectivity index (χ3v) is 6.01. The predicted molar refractivity (Wildman–Crippen MR) is 112 cm³/mol. The van der Waals surface area contributed by atoms with Crippen molar-refractivity contribution >= 4 is 22.6 Å². The van der Waals surface area contributed by atoms with Crippen LogP contribution in [0.3, 0.4) is 0 Å². The Hall–Kier alpha value is -2.54. The fraction of sp³-hybridized carbons (Fsp3) is 0.318. The molecule has 2 aromatic carbocycles. The maximum absolute atomic E-state index is 12.9. The molecule has 3 unspecified atom stereocenters. The standard InChI is InChI=1S/C22H22ClNO5/c1-11(10-25)21-13(6-7-24-21)19-15(26)8-16(27)20-17(28)9-18(29-22(19)20)12-4-2-3-5-14(12)23/h2-5,8-9,11,13,21,24-27H,6-7,10H2,1H3. The molecule has 1 fully saturated rings. The molecule has 0 bridgehead atoms. The summed E-state index contributed by atoms with van der Waals surface area (Å²) >= 11 is 6.28. The molecule has 3 atom stereocenters. The molecule has 0 radical (unpaired) electrons. The number of hydrogen-bond acceptors (Lipinski definition) is 6. The Balaban J connectivity index is 2.00. The SMILES string of the molecule is CC(CO)C1NCCC1c1c(O)cc(O)c2c(=O)cc(-c3ccccc3Cl)oc12. The summed E-state index contributed by atoms with van der Waals surface area (Å²) in [7, 11) is 0. The number of aliphatic hydroxyl groups excluding tert-OH is 1. The van der Waals surface area contributed by atoms with E-state index in [2.05, 4.69) is 5.32 Å². The number of aromatic hydroxyl groups is 2. The number of fused-ring (bicyclic) bond motifs is 1. The lowest BCUT2D eigenvalue weighted by molar-refractivity contribution is 0.202. The maximum atomic E-state index is 12.9. The molecule has 0 saturated carbocycles. The Kier molecular flexibility index (Phi) is 5.25. The van der Waals surface area contributed by atoms with E-state index in [-0.39, 0.29) is 52.7 Å². The summed E-state index contributed by atoms with van der Waals surface area (Å²) in [6.45, 7) is 2.61. The van der Waals surface area contributed by atoms with Crippen molar-refractivity contribution in [2.24, 2.45) is 5.92 Å². The second-order valence-corrected chi connectivity index (χ2v) is 7.93. The summed E-state index contributed by atoms with van der Waals surface area (Å²) in [5.74, 6) is -0.470. The van der Waals surface area contributed by atoms with E-state index in [4.69, 9.17) is 16.0 Å². The topological polar surface area (TPSA) is 103 Å². The lowest BCUT2D eigenvalue weighted by Gasteiger charge is -2.26. The van der Waals surface area contributed by atoms with Crippen LogP contribution in [0.5, 0.6) is 11.5 Å². The first-order valence-corrected chi connectivity index (χ1v) is 9.92. The second-order valence-electron chi connectivity index (χ2n) is 7.52. The lowest BCUT2D eigenvalue weighted by atomic mass is 9.84. The van der Waals surface area contributed by atoms with Gasteiger partial charge < -0.3 is 25.1 Å². The molecule has 0 spiro atoms. The molecule has 3 aromatic rings. The van der Waals surface area contributed by atoms with Gasteiger partial charge in [0.05, 0.1) is 5.02 Å². The van der Waals surface area contributed by atoms with Gasteiger partial charge in [0.25, 0.3) is 0 Å². The second kappa shape index (κ2) is 7.71. The molecule has 1 aromatic heterocycles. The third kappa shape index (κ3) is 3.37. The molecule has 4 N–H and O–H groups in total. The third-order valence-electron chi connectivity index (χ3n) is 5.68. The Morgan fingerprint density at radius 1 is 1.24 bits per heavy atom. The van der Waals surface area contributed by atoms with Crippen LogP contribution in [0.2, 0.25) is 5.02 Å². The van der Waals surface area contributed by atoms with Crippen LogP contribution < -0.4 is 10.7 Å². The zero-order valence-electron chi connectivity index (χ0n) is 15.9. The molecule has 29 heavy (non-hydrogen) atoms. The van der Waals surface area contributed by atoms with Crippen molar-refractivity contribution in [3.8, 4) is 22.8 Å². The highest BCUT2D eigenvalue weighted by Gasteiger charge is 2.36. The van der Waals surface area contributed by atoms with Gasteiger partial charge in [-0.3, -0.25) is 4.79 Å². The van der Waals surface area contributed by atoms with Gasteiger partial charge in [-0.25, -0.2) is 0 Å². The number of nitrogens with one attached hydrogen (secondary N) is 1. The predicted octanol–water partition coefficient (Wildman–Crippen LogP) is 3.60. The van der Waals surface area contributed by atoms with Crippen molar-refractivity contribution in [1.29, 1.82) is 0 Å². The number of rotatable bonds is 4. The summed E-state index contributed by atoms with van der Waals surface area (Å²) in [5, 5.41) is 34.5. The molecule has 1 aliphatic rings.